The first-order chi connectivity index (χ1) is 12.8. The normalized spacial score (nSPS) is 33.7. The predicted octanol–water partition coefficient (Wildman–Crippen LogP) is 4.11. The van der Waals surface area contributed by atoms with Crippen LogP contribution in [-0.2, 0) is 0 Å². The van der Waals surface area contributed by atoms with Crippen molar-refractivity contribution in [1.82, 2.24) is 9.80 Å². The largest absolute Gasteiger partial charge is 0.322 e. The summed E-state index contributed by atoms with van der Waals surface area (Å²) in [4.78, 5) is 17.9. The summed E-state index contributed by atoms with van der Waals surface area (Å²) < 4.78 is 0. The number of carbonyl (C=O) groups excluding carboxylic acids is 1. The van der Waals surface area contributed by atoms with Crippen LogP contribution in [0.1, 0.15) is 38.5 Å². The molecule has 1 aromatic rings. The first-order valence-corrected chi connectivity index (χ1v) is 10.4. The summed E-state index contributed by atoms with van der Waals surface area (Å²) in [5, 5.41) is 3.12. The number of nitrogens with one attached hydrogen (secondary N) is 1. The molecule has 4 aliphatic rings. The maximum atomic E-state index is 13.0. The Bertz CT molecular complexity index is 701. The first-order valence-electron chi connectivity index (χ1n) is 10.4. The number of hydrogen-bond donors (Lipinski definition) is 1. The highest BCUT2D eigenvalue weighted by atomic mass is 16.2. The standard InChI is InChI=1S/C22H29N3O/c26-22(23-19-8-2-1-3-9-19)25-12-6-7-16-13-17-14-18(21(16)25)15-24-11-5-4-10-20(17)24/h1-3,8-9,13,17-18,20-21H,4-7,10-12,14-15H2,(H,23,26)/t17-,18+,20-,21-/m1/s1. The summed E-state index contributed by atoms with van der Waals surface area (Å²) in [6, 6.07) is 11.0. The van der Waals surface area contributed by atoms with E-state index < -0.39 is 0 Å². The molecule has 1 aliphatic carbocycles. The number of rotatable bonds is 1. The fourth-order valence-electron chi connectivity index (χ4n) is 5.92. The number of amides is 2. The fourth-order valence-corrected chi connectivity index (χ4v) is 5.92. The van der Waals surface area contributed by atoms with Crippen molar-refractivity contribution in [2.45, 2.75) is 50.6 Å². The molecule has 3 saturated heterocycles. The third-order valence-electron chi connectivity index (χ3n) is 6.94. The number of hydrogen-bond acceptors (Lipinski definition) is 2. The molecule has 0 spiro atoms. The van der Waals surface area contributed by atoms with E-state index in [0.717, 1.165) is 30.6 Å². The zero-order valence-electron chi connectivity index (χ0n) is 15.4. The Balaban J connectivity index is 1.39. The molecule has 0 aromatic heterocycles. The molecule has 3 fully saturated rings. The second kappa shape index (κ2) is 6.73. The van der Waals surface area contributed by atoms with E-state index in [1.807, 2.05) is 30.3 Å². The van der Waals surface area contributed by atoms with Gasteiger partial charge in [0.2, 0.25) is 0 Å². The lowest BCUT2D eigenvalue weighted by Gasteiger charge is -2.54. The van der Waals surface area contributed by atoms with Gasteiger partial charge in [-0.1, -0.05) is 36.3 Å². The van der Waals surface area contributed by atoms with Crippen LogP contribution >= 0.6 is 0 Å². The summed E-state index contributed by atoms with van der Waals surface area (Å²) in [6.07, 6.45) is 10.2. The van der Waals surface area contributed by atoms with Crippen molar-refractivity contribution in [2.75, 3.05) is 25.0 Å². The third-order valence-corrected chi connectivity index (χ3v) is 6.94. The minimum absolute atomic E-state index is 0.0750. The van der Waals surface area contributed by atoms with Crippen molar-refractivity contribution in [3.63, 3.8) is 0 Å². The molecule has 0 saturated carbocycles. The van der Waals surface area contributed by atoms with Gasteiger partial charge in [0.15, 0.2) is 0 Å². The summed E-state index contributed by atoms with van der Waals surface area (Å²) in [6.45, 7) is 3.31. The van der Waals surface area contributed by atoms with Crippen molar-refractivity contribution in [1.29, 1.82) is 0 Å². The average molecular weight is 351 g/mol. The van der Waals surface area contributed by atoms with Crippen LogP contribution in [0.4, 0.5) is 10.5 Å². The van der Waals surface area contributed by atoms with Crippen LogP contribution in [0.2, 0.25) is 0 Å². The second-order valence-corrected chi connectivity index (χ2v) is 8.50. The molecular formula is C22H29N3O. The van der Waals surface area contributed by atoms with Crippen LogP contribution in [0.5, 0.6) is 0 Å². The number of urea groups is 1. The third kappa shape index (κ3) is 2.84. The molecule has 2 amide bonds. The summed E-state index contributed by atoms with van der Waals surface area (Å²) in [5.41, 5.74) is 2.44. The zero-order valence-corrected chi connectivity index (χ0v) is 15.4. The maximum Gasteiger partial charge on any atom is 0.322 e. The number of likely N-dealkylation sites (tertiary alicyclic amines) is 1. The van der Waals surface area contributed by atoms with E-state index in [-0.39, 0.29) is 6.03 Å². The van der Waals surface area contributed by atoms with E-state index in [0.29, 0.717) is 12.0 Å². The van der Waals surface area contributed by atoms with Crippen molar-refractivity contribution >= 4 is 11.7 Å². The van der Waals surface area contributed by atoms with Gasteiger partial charge in [0.05, 0.1) is 6.04 Å². The van der Waals surface area contributed by atoms with E-state index in [2.05, 4.69) is 21.2 Å². The Morgan fingerprint density at radius 3 is 2.85 bits per heavy atom. The molecule has 0 radical (unpaired) electrons. The van der Waals surface area contributed by atoms with Crippen molar-refractivity contribution in [2.24, 2.45) is 11.8 Å². The van der Waals surface area contributed by atoms with Gasteiger partial charge >= 0.3 is 6.03 Å². The monoisotopic (exact) mass is 351 g/mol. The quantitative estimate of drug-likeness (QED) is 0.773. The molecule has 4 nitrogen and oxygen atoms in total. The lowest BCUT2D eigenvalue weighted by molar-refractivity contribution is 0.00908. The fraction of sp³-hybridized carbons (Fsp3) is 0.591. The van der Waals surface area contributed by atoms with Gasteiger partial charge in [0.25, 0.3) is 0 Å². The summed E-state index contributed by atoms with van der Waals surface area (Å²) in [7, 11) is 0. The van der Waals surface area contributed by atoms with Gasteiger partial charge in [-0.15, -0.1) is 0 Å². The van der Waals surface area contributed by atoms with Gasteiger partial charge in [-0.05, 0) is 62.6 Å². The number of piperidine rings is 3. The molecule has 4 heteroatoms. The van der Waals surface area contributed by atoms with Gasteiger partial charge in [0.1, 0.15) is 0 Å². The molecule has 2 bridgehead atoms. The zero-order chi connectivity index (χ0) is 17.5. The molecule has 26 heavy (non-hydrogen) atoms. The molecule has 3 heterocycles. The van der Waals surface area contributed by atoms with E-state index in [4.69, 9.17) is 0 Å². The molecule has 138 valence electrons. The molecule has 3 aliphatic heterocycles. The van der Waals surface area contributed by atoms with Crippen molar-refractivity contribution in [3.05, 3.63) is 42.0 Å². The van der Waals surface area contributed by atoms with Gasteiger partial charge in [0, 0.05) is 24.8 Å². The number of nitrogens with zero attached hydrogens (tertiary/aromatic N) is 2. The smallest absolute Gasteiger partial charge is 0.317 e. The molecule has 1 aromatic carbocycles. The number of para-hydroxylation sites is 1. The highest BCUT2D eigenvalue weighted by Crippen LogP contribution is 2.45. The average Bonchev–Trinajstić information content (AvgIpc) is 2.68. The lowest BCUT2D eigenvalue weighted by atomic mass is 9.68. The summed E-state index contributed by atoms with van der Waals surface area (Å²) in [5.74, 6) is 1.33. The Labute approximate surface area is 156 Å². The Morgan fingerprint density at radius 1 is 1.08 bits per heavy atom. The van der Waals surface area contributed by atoms with Gasteiger partial charge in [-0.2, -0.15) is 0 Å². The van der Waals surface area contributed by atoms with E-state index >= 15 is 0 Å². The van der Waals surface area contributed by atoms with E-state index in [9.17, 15) is 4.79 Å². The molecule has 0 unspecified atom stereocenters. The highest BCUT2D eigenvalue weighted by molar-refractivity contribution is 5.89. The summed E-state index contributed by atoms with van der Waals surface area (Å²) >= 11 is 0. The minimum Gasteiger partial charge on any atom is -0.317 e. The van der Waals surface area contributed by atoms with Crippen LogP contribution in [0.15, 0.2) is 42.0 Å². The molecule has 4 atom stereocenters. The Morgan fingerprint density at radius 2 is 1.96 bits per heavy atom. The number of anilines is 1. The first kappa shape index (κ1) is 16.4. The Hall–Kier alpha value is -1.81. The van der Waals surface area contributed by atoms with Crippen LogP contribution < -0.4 is 5.32 Å². The molecule has 5 rings (SSSR count). The predicted molar refractivity (Wildman–Crippen MR) is 104 cm³/mol. The van der Waals surface area contributed by atoms with Crippen LogP contribution in [-0.4, -0.2) is 47.5 Å². The second-order valence-electron chi connectivity index (χ2n) is 8.50. The molecule has 1 N–H and O–H groups in total. The maximum absolute atomic E-state index is 13.0. The van der Waals surface area contributed by atoms with Crippen LogP contribution in [0.25, 0.3) is 0 Å². The van der Waals surface area contributed by atoms with Crippen molar-refractivity contribution < 1.29 is 4.79 Å². The number of carbonyl (C=O) groups is 1. The lowest BCUT2D eigenvalue weighted by Crippen LogP contribution is -2.60. The van der Waals surface area contributed by atoms with Gasteiger partial charge in [-0.3, -0.25) is 4.90 Å². The van der Waals surface area contributed by atoms with Gasteiger partial charge < -0.3 is 10.2 Å². The SMILES string of the molecule is O=C(Nc1ccccc1)N1CCCC2=C[C@@H]3C[C@@H](CN4CCCC[C@H]34)[C@@H]21. The topological polar surface area (TPSA) is 35.6 Å². The van der Waals surface area contributed by atoms with Gasteiger partial charge in [-0.25, -0.2) is 4.79 Å². The van der Waals surface area contributed by atoms with Crippen LogP contribution in [0.3, 0.4) is 0 Å². The minimum atomic E-state index is 0.0750. The Kier molecular flexibility index (Phi) is 4.24. The molecular weight excluding hydrogens is 322 g/mol. The number of benzene rings is 1. The number of fused-ring (bicyclic) bond motifs is 6. The van der Waals surface area contributed by atoms with E-state index in [1.54, 1.807) is 5.57 Å². The highest BCUT2D eigenvalue weighted by Gasteiger charge is 2.46. The van der Waals surface area contributed by atoms with Crippen LogP contribution in [0, 0.1) is 11.8 Å². The van der Waals surface area contributed by atoms with Crippen molar-refractivity contribution in [3.8, 4) is 0 Å². The van der Waals surface area contributed by atoms with E-state index in [1.165, 1.54) is 45.2 Å².